The Labute approximate surface area is 125 Å². The SMILES string of the molecule is [Li+].[Li+].[Mo+6].[Se-2].[Se-2].[Se-2].[Se-2]. The average molecular weight is 426 g/mol. The Morgan fingerprint density at radius 3 is 0.429 bits per heavy atom. The van der Waals surface area contributed by atoms with E-state index >= 15 is 0 Å². The fourth-order valence-corrected chi connectivity index (χ4v) is 0. The second kappa shape index (κ2) is 51.0. The van der Waals surface area contributed by atoms with Gasteiger partial charge >= 0.3 is 58.8 Å². The molecule has 0 fully saturated rings. The summed E-state index contributed by atoms with van der Waals surface area (Å²) in [4.78, 5) is 0. The van der Waals surface area contributed by atoms with Gasteiger partial charge in [0.15, 0.2) is 0 Å². The molecule has 0 bridgehead atoms. The van der Waals surface area contributed by atoms with Crippen LogP contribution < -0.4 is 37.7 Å². The molecule has 0 aromatic rings. The zero-order valence-electron chi connectivity index (χ0n) is 4.04. The first-order valence-corrected chi connectivity index (χ1v) is 0. The van der Waals surface area contributed by atoms with E-state index in [-0.39, 0.29) is 127 Å². The molecular weight excluding hydrogens is 426 g/mol. The Morgan fingerprint density at radius 1 is 0.429 bits per heavy atom. The van der Waals surface area contributed by atoms with Gasteiger partial charge in [0.1, 0.15) is 0 Å². The van der Waals surface area contributed by atoms with Crippen LogP contribution in [0.15, 0.2) is 0 Å². The molecule has 0 atom stereocenters. The molecule has 7 heavy (non-hydrogen) atoms. The first-order valence-electron chi connectivity index (χ1n) is 0. The van der Waals surface area contributed by atoms with Crippen molar-refractivity contribution in [2.45, 2.75) is 0 Å². The molecule has 0 aliphatic heterocycles. The van der Waals surface area contributed by atoms with E-state index in [1.54, 1.807) is 0 Å². The molecule has 0 aromatic heterocycles. The van der Waals surface area contributed by atoms with Crippen molar-refractivity contribution in [2.24, 2.45) is 0 Å². The fourth-order valence-electron chi connectivity index (χ4n) is 0. The van der Waals surface area contributed by atoms with Crippen LogP contribution in [-0.2, 0) is 21.1 Å². The first kappa shape index (κ1) is 69.3. The van der Waals surface area contributed by atoms with Crippen molar-refractivity contribution in [3.63, 3.8) is 0 Å². The van der Waals surface area contributed by atoms with Crippen molar-refractivity contribution < 1.29 is 58.8 Å². The third-order valence-electron chi connectivity index (χ3n) is 0. The van der Waals surface area contributed by atoms with Gasteiger partial charge in [-0.3, -0.25) is 0 Å². The summed E-state index contributed by atoms with van der Waals surface area (Å²) in [6.45, 7) is 0. The van der Waals surface area contributed by atoms with E-state index in [4.69, 9.17) is 0 Å². The summed E-state index contributed by atoms with van der Waals surface area (Å²) < 4.78 is 0. The molecule has 0 unspecified atom stereocenters. The molecule has 0 nitrogen and oxygen atoms in total. The van der Waals surface area contributed by atoms with E-state index < -0.39 is 0 Å². The minimum absolute atomic E-state index is 0. The normalized spacial score (nSPS) is 0. The van der Waals surface area contributed by atoms with E-state index in [0.29, 0.717) is 0 Å². The van der Waals surface area contributed by atoms with Crippen molar-refractivity contribution in [3.05, 3.63) is 0 Å². The molecule has 0 radical (unpaired) electrons. The van der Waals surface area contributed by atoms with Crippen LogP contribution >= 0.6 is 0 Å². The standard InChI is InChI=1S/2Li.Mo.4Se/q2*+1;+6;4*-2. The second-order valence-corrected chi connectivity index (χ2v) is 0. The smallest absolute Gasteiger partial charge is 2.00 e. The van der Waals surface area contributed by atoms with Crippen LogP contribution in [0.3, 0.4) is 0 Å². The maximum absolute atomic E-state index is 0. The van der Waals surface area contributed by atoms with Gasteiger partial charge in [-0.05, 0) is 0 Å². The minimum Gasteiger partial charge on any atom is -2.00 e. The third kappa shape index (κ3) is 40.2. The summed E-state index contributed by atoms with van der Waals surface area (Å²) in [6.07, 6.45) is 0. The molecule has 0 N–H and O–H groups in total. The molecule has 0 amide bonds. The molecule has 0 rings (SSSR count). The number of hydrogen-bond acceptors (Lipinski definition) is 0. The van der Waals surface area contributed by atoms with Crippen molar-refractivity contribution in [1.29, 1.82) is 0 Å². The summed E-state index contributed by atoms with van der Waals surface area (Å²) >= 11 is 0. The Morgan fingerprint density at radius 2 is 0.429 bits per heavy atom. The molecule has 32 valence electrons. The predicted octanol–water partition coefficient (Wildman–Crippen LogP) is -7.52. The van der Waals surface area contributed by atoms with E-state index in [0.717, 1.165) is 0 Å². The van der Waals surface area contributed by atoms with E-state index in [2.05, 4.69) is 0 Å². The van der Waals surface area contributed by atoms with Crippen LogP contribution in [0.1, 0.15) is 0 Å². The van der Waals surface area contributed by atoms with Crippen molar-refractivity contribution in [2.75, 3.05) is 0 Å². The molecule has 0 aliphatic carbocycles. The molecule has 7 heteroatoms. The second-order valence-electron chi connectivity index (χ2n) is 0. The molecule has 0 aromatic carbocycles. The zero-order chi connectivity index (χ0) is 0. The fraction of sp³-hybridized carbons (Fsp3) is 0. The van der Waals surface area contributed by atoms with Gasteiger partial charge in [0.2, 0.25) is 0 Å². The topological polar surface area (TPSA) is 0 Å². The average Bonchev–Trinajstić information content (AvgIpc) is 0. The van der Waals surface area contributed by atoms with Gasteiger partial charge in [-0.1, -0.05) is 0 Å². The van der Waals surface area contributed by atoms with Gasteiger partial charge in [-0.2, -0.15) is 0 Å². The van der Waals surface area contributed by atoms with Crippen molar-refractivity contribution in [1.82, 2.24) is 0 Å². The summed E-state index contributed by atoms with van der Waals surface area (Å²) in [5.74, 6) is 0. The Balaban J connectivity index is 0. The first-order chi connectivity index (χ1) is 0. The summed E-state index contributed by atoms with van der Waals surface area (Å²) in [5.41, 5.74) is 0. The van der Waals surface area contributed by atoms with Crippen LogP contribution in [0.5, 0.6) is 0 Å². The van der Waals surface area contributed by atoms with Crippen LogP contribution in [-0.4, -0.2) is 68.3 Å². The molecule has 0 saturated heterocycles. The van der Waals surface area contributed by atoms with Gasteiger partial charge in [-0.15, -0.1) is 0 Å². The van der Waals surface area contributed by atoms with Crippen LogP contribution in [0.2, 0.25) is 0 Å². The molecule has 0 heterocycles. The van der Waals surface area contributed by atoms with Gasteiger partial charge in [0, 0.05) is 0 Å². The Bertz CT molecular complexity index is 9.65. The van der Waals surface area contributed by atoms with Crippen LogP contribution in [0, 0.1) is 0 Å². The summed E-state index contributed by atoms with van der Waals surface area (Å²) in [7, 11) is 0. The van der Waals surface area contributed by atoms with Crippen LogP contribution in [0.25, 0.3) is 0 Å². The van der Waals surface area contributed by atoms with Gasteiger partial charge in [-0.25, -0.2) is 0 Å². The molecular formula is Li2MoSe4. The minimum atomic E-state index is 0. The molecule has 0 saturated carbocycles. The van der Waals surface area contributed by atoms with Crippen molar-refractivity contribution >= 4 is 68.3 Å². The van der Waals surface area contributed by atoms with Crippen LogP contribution in [0.4, 0.5) is 0 Å². The third-order valence-corrected chi connectivity index (χ3v) is 0. The van der Waals surface area contributed by atoms with Gasteiger partial charge < -0.3 is 68.3 Å². The monoisotopic (exact) mass is 432 g/mol. The maximum Gasteiger partial charge on any atom is 6.00 e. The predicted molar refractivity (Wildman–Crippen MR) is 23.0 cm³/mol. The van der Waals surface area contributed by atoms with Gasteiger partial charge in [0.05, 0.1) is 0 Å². The summed E-state index contributed by atoms with van der Waals surface area (Å²) in [5, 5.41) is 0. The van der Waals surface area contributed by atoms with E-state index in [9.17, 15) is 0 Å². The number of hydrogen-bond donors (Lipinski definition) is 0. The Kier molecular flexibility index (Phi) is 505. The number of rotatable bonds is 0. The molecule has 0 spiro atoms. The van der Waals surface area contributed by atoms with Crippen molar-refractivity contribution in [3.8, 4) is 0 Å². The largest absolute Gasteiger partial charge is 6.00 e. The maximum atomic E-state index is 0. The zero-order valence-corrected chi connectivity index (χ0v) is 12.9. The molecule has 0 aliphatic rings. The quantitative estimate of drug-likeness (QED) is 0.339. The van der Waals surface area contributed by atoms with E-state index in [1.807, 2.05) is 0 Å². The van der Waals surface area contributed by atoms with E-state index in [1.165, 1.54) is 0 Å². The Hall–Kier alpha value is 3.96. The van der Waals surface area contributed by atoms with Gasteiger partial charge in [0.25, 0.3) is 0 Å². The summed E-state index contributed by atoms with van der Waals surface area (Å²) in [6, 6.07) is 0.